The van der Waals surface area contributed by atoms with Crippen molar-refractivity contribution in [3.63, 3.8) is 0 Å². The molecule has 0 aliphatic heterocycles. The Labute approximate surface area is 162 Å². The van der Waals surface area contributed by atoms with E-state index < -0.39 is 22.5 Å². The van der Waals surface area contributed by atoms with Gasteiger partial charge in [0.05, 0.1) is 24.8 Å². The number of likely N-dealkylation sites (N-methyl/N-ethyl adjacent to an activating group) is 1. The number of ether oxygens (including phenoxy) is 1. The number of sulfonamides is 1. The fourth-order valence-electron chi connectivity index (χ4n) is 2.06. The predicted molar refractivity (Wildman–Crippen MR) is 102 cm³/mol. The van der Waals surface area contributed by atoms with Crippen LogP contribution in [-0.2, 0) is 14.8 Å². The van der Waals surface area contributed by atoms with Gasteiger partial charge in [-0.25, -0.2) is 13.8 Å². The van der Waals surface area contributed by atoms with Crippen molar-refractivity contribution >= 4 is 33.7 Å². The zero-order valence-electron chi connectivity index (χ0n) is 14.6. The van der Waals surface area contributed by atoms with Crippen LogP contribution in [0.25, 0.3) is 0 Å². The number of aromatic hydroxyl groups is 1. The molecule has 0 heterocycles. The molecule has 2 rings (SSSR count). The molecule has 0 atom stereocenters. The second-order valence-corrected chi connectivity index (χ2v) is 7.92. The molecule has 0 saturated carbocycles. The van der Waals surface area contributed by atoms with E-state index in [1.807, 2.05) is 0 Å². The molecule has 1 amide bonds. The van der Waals surface area contributed by atoms with Gasteiger partial charge in [0.25, 0.3) is 5.91 Å². The van der Waals surface area contributed by atoms with E-state index in [2.05, 4.69) is 10.5 Å². The van der Waals surface area contributed by atoms with Gasteiger partial charge in [-0.2, -0.15) is 9.41 Å². The lowest BCUT2D eigenvalue weighted by Gasteiger charge is -2.16. The first kappa shape index (κ1) is 20.7. The van der Waals surface area contributed by atoms with Crippen LogP contribution in [0.1, 0.15) is 5.56 Å². The minimum Gasteiger partial charge on any atom is -0.504 e. The standard InChI is InChI=1S/C17H18ClN3O5S/c1-21(27(24,25)14-6-4-13(18)5-7-14)11-17(23)20-19-10-12-3-8-15(22)16(9-12)26-2/h3-10,22H,11H2,1-2H3,(H,20,23)/b19-10+. The number of halogens is 1. The lowest BCUT2D eigenvalue weighted by atomic mass is 10.2. The van der Waals surface area contributed by atoms with Crippen molar-refractivity contribution in [1.29, 1.82) is 0 Å². The SMILES string of the molecule is COc1cc(/C=N/NC(=O)CN(C)S(=O)(=O)c2ccc(Cl)cc2)ccc1O. The largest absolute Gasteiger partial charge is 0.504 e. The average Bonchev–Trinajstić information content (AvgIpc) is 2.63. The Bertz CT molecular complexity index is 946. The van der Waals surface area contributed by atoms with Crippen LogP contribution in [0.4, 0.5) is 0 Å². The Hall–Kier alpha value is -2.62. The van der Waals surface area contributed by atoms with Crippen LogP contribution in [0, 0.1) is 0 Å². The van der Waals surface area contributed by atoms with Gasteiger partial charge in [0.1, 0.15) is 0 Å². The predicted octanol–water partition coefficient (Wildman–Crippen LogP) is 1.82. The van der Waals surface area contributed by atoms with Crippen molar-refractivity contribution in [1.82, 2.24) is 9.73 Å². The van der Waals surface area contributed by atoms with E-state index >= 15 is 0 Å². The van der Waals surface area contributed by atoms with Crippen LogP contribution in [0.3, 0.4) is 0 Å². The van der Waals surface area contributed by atoms with Crippen LogP contribution >= 0.6 is 11.6 Å². The summed E-state index contributed by atoms with van der Waals surface area (Å²) < 4.78 is 30.7. The summed E-state index contributed by atoms with van der Waals surface area (Å²) in [6, 6.07) is 10.2. The maximum atomic E-state index is 12.4. The lowest BCUT2D eigenvalue weighted by molar-refractivity contribution is -0.121. The molecule has 8 nitrogen and oxygen atoms in total. The lowest BCUT2D eigenvalue weighted by Crippen LogP contribution is -2.36. The van der Waals surface area contributed by atoms with E-state index in [1.54, 1.807) is 6.07 Å². The molecule has 0 radical (unpaired) electrons. The molecule has 0 unspecified atom stereocenters. The van der Waals surface area contributed by atoms with Crippen LogP contribution in [-0.4, -0.2) is 50.7 Å². The Balaban J connectivity index is 1.97. The van der Waals surface area contributed by atoms with Gasteiger partial charge in [-0.1, -0.05) is 11.6 Å². The number of amides is 1. The second-order valence-electron chi connectivity index (χ2n) is 5.44. The third-order valence-electron chi connectivity index (χ3n) is 3.49. The number of hydrogen-bond acceptors (Lipinski definition) is 6. The maximum absolute atomic E-state index is 12.4. The molecule has 10 heteroatoms. The molecule has 2 aromatic rings. The van der Waals surface area contributed by atoms with Gasteiger partial charge in [0, 0.05) is 12.1 Å². The number of hydrazone groups is 1. The van der Waals surface area contributed by atoms with Crippen LogP contribution in [0.15, 0.2) is 52.5 Å². The van der Waals surface area contributed by atoms with Crippen LogP contribution in [0.5, 0.6) is 11.5 Å². The van der Waals surface area contributed by atoms with Crippen molar-refractivity contribution in [2.24, 2.45) is 5.10 Å². The van der Waals surface area contributed by atoms with E-state index in [4.69, 9.17) is 16.3 Å². The van der Waals surface area contributed by atoms with Gasteiger partial charge < -0.3 is 9.84 Å². The van der Waals surface area contributed by atoms with E-state index in [0.717, 1.165) is 4.31 Å². The first-order valence-electron chi connectivity index (χ1n) is 7.65. The van der Waals surface area contributed by atoms with E-state index in [9.17, 15) is 18.3 Å². The van der Waals surface area contributed by atoms with Gasteiger partial charge in [0.2, 0.25) is 10.0 Å². The Morgan fingerprint density at radius 1 is 1.30 bits per heavy atom. The van der Waals surface area contributed by atoms with Crippen molar-refractivity contribution in [2.75, 3.05) is 20.7 Å². The van der Waals surface area contributed by atoms with Crippen LogP contribution < -0.4 is 10.2 Å². The summed E-state index contributed by atoms with van der Waals surface area (Å²) in [5.74, 6) is -0.371. The van der Waals surface area contributed by atoms with Gasteiger partial charge in [-0.05, 0) is 48.0 Å². The fraction of sp³-hybridized carbons (Fsp3) is 0.176. The summed E-state index contributed by atoms with van der Waals surface area (Å²) in [7, 11) is -1.12. The quantitative estimate of drug-likeness (QED) is 0.533. The smallest absolute Gasteiger partial charge is 0.255 e. The molecule has 144 valence electrons. The van der Waals surface area contributed by atoms with Gasteiger partial charge >= 0.3 is 0 Å². The van der Waals surface area contributed by atoms with Gasteiger partial charge in [0.15, 0.2) is 11.5 Å². The van der Waals surface area contributed by atoms with Crippen LogP contribution in [0.2, 0.25) is 5.02 Å². The second kappa shape index (κ2) is 8.85. The van der Waals surface area contributed by atoms with Gasteiger partial charge in [-0.15, -0.1) is 0 Å². The highest BCUT2D eigenvalue weighted by atomic mass is 35.5. The summed E-state index contributed by atoms with van der Waals surface area (Å²) in [5, 5.41) is 13.7. The number of nitrogens with one attached hydrogen (secondary N) is 1. The zero-order valence-corrected chi connectivity index (χ0v) is 16.2. The average molecular weight is 412 g/mol. The number of rotatable bonds is 7. The Kier molecular flexibility index (Phi) is 6.78. The number of methoxy groups -OCH3 is 1. The topological polar surface area (TPSA) is 108 Å². The molecule has 0 fully saturated rings. The minimum absolute atomic E-state index is 0.0206. The van der Waals surface area contributed by atoms with E-state index in [0.29, 0.717) is 10.6 Å². The molecule has 27 heavy (non-hydrogen) atoms. The number of hydrogen-bond donors (Lipinski definition) is 2. The molecule has 0 spiro atoms. The molecule has 2 aromatic carbocycles. The number of carbonyl (C=O) groups excluding carboxylic acids is 1. The number of carbonyl (C=O) groups is 1. The summed E-state index contributed by atoms with van der Waals surface area (Å²) in [6.07, 6.45) is 1.34. The highest BCUT2D eigenvalue weighted by Crippen LogP contribution is 2.25. The third kappa shape index (κ3) is 5.43. The summed E-state index contributed by atoms with van der Waals surface area (Å²) in [4.78, 5) is 12.0. The van der Waals surface area contributed by atoms with Crippen molar-refractivity contribution in [3.05, 3.63) is 53.1 Å². The van der Waals surface area contributed by atoms with E-state index in [1.165, 1.54) is 56.8 Å². The minimum atomic E-state index is -3.82. The number of phenolic OH excluding ortho intramolecular Hbond substituents is 1. The fourth-order valence-corrected chi connectivity index (χ4v) is 3.32. The Morgan fingerprint density at radius 3 is 2.59 bits per heavy atom. The number of benzene rings is 2. The molecular formula is C17H18ClN3O5S. The van der Waals surface area contributed by atoms with E-state index in [-0.39, 0.29) is 16.4 Å². The molecule has 0 aromatic heterocycles. The first-order valence-corrected chi connectivity index (χ1v) is 9.46. The summed E-state index contributed by atoms with van der Waals surface area (Å²) in [6.45, 7) is -0.415. The zero-order chi connectivity index (χ0) is 20.0. The summed E-state index contributed by atoms with van der Waals surface area (Å²) >= 11 is 5.75. The molecule has 0 saturated heterocycles. The molecule has 2 N–H and O–H groups in total. The maximum Gasteiger partial charge on any atom is 0.255 e. The number of nitrogens with zero attached hydrogens (tertiary/aromatic N) is 2. The molecule has 0 aliphatic rings. The Morgan fingerprint density at radius 2 is 1.96 bits per heavy atom. The molecule has 0 aliphatic carbocycles. The van der Waals surface area contributed by atoms with Gasteiger partial charge in [-0.3, -0.25) is 4.79 Å². The van der Waals surface area contributed by atoms with Crippen molar-refractivity contribution in [2.45, 2.75) is 4.90 Å². The third-order valence-corrected chi connectivity index (χ3v) is 5.56. The first-order chi connectivity index (χ1) is 12.7. The van der Waals surface area contributed by atoms with Crippen molar-refractivity contribution in [3.8, 4) is 11.5 Å². The monoisotopic (exact) mass is 411 g/mol. The normalized spacial score (nSPS) is 11.7. The number of phenols is 1. The molecular weight excluding hydrogens is 394 g/mol. The van der Waals surface area contributed by atoms with Crippen molar-refractivity contribution < 1.29 is 23.1 Å². The molecule has 0 bridgehead atoms. The highest BCUT2D eigenvalue weighted by Gasteiger charge is 2.22. The highest BCUT2D eigenvalue weighted by molar-refractivity contribution is 7.89. The summed E-state index contributed by atoms with van der Waals surface area (Å²) in [5.41, 5.74) is 2.82.